The molecule has 2 aromatic rings. The van der Waals surface area contributed by atoms with Gasteiger partial charge in [-0.3, -0.25) is 0 Å². The minimum atomic E-state index is 0.496. The van der Waals surface area contributed by atoms with Crippen molar-refractivity contribution in [3.63, 3.8) is 0 Å². The molecular formula is C16H17BrClN3. The van der Waals surface area contributed by atoms with Crippen molar-refractivity contribution >= 4 is 39.0 Å². The molecule has 0 radical (unpaired) electrons. The molecule has 1 aliphatic carbocycles. The van der Waals surface area contributed by atoms with Gasteiger partial charge in [0.2, 0.25) is 0 Å². The molecule has 1 saturated carbocycles. The maximum absolute atomic E-state index is 6.13. The first-order chi connectivity index (χ1) is 10.0. The molecular weight excluding hydrogens is 350 g/mol. The van der Waals surface area contributed by atoms with Crippen LogP contribution in [0.4, 0.5) is 11.5 Å². The van der Waals surface area contributed by atoms with E-state index in [1.54, 1.807) is 6.07 Å². The van der Waals surface area contributed by atoms with Crippen LogP contribution < -0.4 is 5.32 Å². The first-order valence-corrected chi connectivity index (χ1v) is 8.25. The molecule has 0 spiro atoms. The molecule has 0 atom stereocenters. The standard InChI is InChI=1S/C16H17BrClN3/c1-9-5-12(17)6-10(2)16(9)21-15-8-13(18)19-14(20-15)7-11-3-4-11/h5-6,8,11H,3-4,7H2,1-2H3,(H,19,20,21). The fraction of sp³-hybridized carbons (Fsp3) is 0.375. The molecule has 0 saturated heterocycles. The normalized spacial score (nSPS) is 14.3. The Hall–Kier alpha value is -1.13. The predicted molar refractivity (Wildman–Crippen MR) is 90.4 cm³/mol. The molecule has 110 valence electrons. The number of anilines is 2. The summed E-state index contributed by atoms with van der Waals surface area (Å²) in [4.78, 5) is 8.92. The third kappa shape index (κ3) is 3.74. The summed E-state index contributed by atoms with van der Waals surface area (Å²) in [7, 11) is 0. The topological polar surface area (TPSA) is 37.8 Å². The number of nitrogens with one attached hydrogen (secondary N) is 1. The van der Waals surface area contributed by atoms with Crippen LogP contribution in [-0.2, 0) is 6.42 Å². The van der Waals surface area contributed by atoms with E-state index in [4.69, 9.17) is 11.6 Å². The van der Waals surface area contributed by atoms with Gasteiger partial charge in [0.1, 0.15) is 16.8 Å². The lowest BCUT2D eigenvalue weighted by Crippen LogP contribution is -2.03. The van der Waals surface area contributed by atoms with Gasteiger partial charge >= 0.3 is 0 Å². The lowest BCUT2D eigenvalue weighted by Gasteiger charge is -2.13. The Morgan fingerprint density at radius 2 is 1.86 bits per heavy atom. The molecule has 1 N–H and O–H groups in total. The zero-order valence-electron chi connectivity index (χ0n) is 12.1. The number of hydrogen-bond acceptors (Lipinski definition) is 3. The summed E-state index contributed by atoms with van der Waals surface area (Å²) in [6, 6.07) is 5.95. The van der Waals surface area contributed by atoms with Gasteiger partial charge in [-0.2, -0.15) is 0 Å². The van der Waals surface area contributed by atoms with Crippen molar-refractivity contribution in [1.82, 2.24) is 9.97 Å². The van der Waals surface area contributed by atoms with Gasteiger partial charge in [-0.15, -0.1) is 0 Å². The predicted octanol–water partition coefficient (Wildman–Crippen LogP) is 5.21. The highest BCUT2D eigenvalue weighted by atomic mass is 79.9. The molecule has 1 fully saturated rings. The molecule has 1 aliphatic rings. The van der Waals surface area contributed by atoms with E-state index < -0.39 is 0 Å². The van der Waals surface area contributed by atoms with Crippen molar-refractivity contribution in [2.45, 2.75) is 33.1 Å². The monoisotopic (exact) mass is 365 g/mol. The molecule has 0 aliphatic heterocycles. The number of aromatic nitrogens is 2. The van der Waals surface area contributed by atoms with Crippen LogP contribution in [0.2, 0.25) is 5.15 Å². The van der Waals surface area contributed by atoms with Crippen LogP contribution in [-0.4, -0.2) is 9.97 Å². The van der Waals surface area contributed by atoms with Crippen LogP contribution in [0, 0.1) is 19.8 Å². The number of halogens is 2. The van der Waals surface area contributed by atoms with Crippen molar-refractivity contribution in [2.24, 2.45) is 5.92 Å². The van der Waals surface area contributed by atoms with E-state index >= 15 is 0 Å². The van der Waals surface area contributed by atoms with Crippen molar-refractivity contribution in [2.75, 3.05) is 5.32 Å². The van der Waals surface area contributed by atoms with E-state index in [-0.39, 0.29) is 0 Å². The molecule has 1 aromatic carbocycles. The number of aryl methyl sites for hydroxylation is 2. The zero-order valence-corrected chi connectivity index (χ0v) is 14.4. The summed E-state index contributed by atoms with van der Waals surface area (Å²) in [5.41, 5.74) is 3.41. The molecule has 0 amide bonds. The summed E-state index contributed by atoms with van der Waals surface area (Å²) >= 11 is 9.64. The van der Waals surface area contributed by atoms with Gasteiger partial charge < -0.3 is 5.32 Å². The molecule has 21 heavy (non-hydrogen) atoms. The van der Waals surface area contributed by atoms with Crippen LogP contribution in [0.3, 0.4) is 0 Å². The zero-order chi connectivity index (χ0) is 15.0. The third-order valence-corrected chi connectivity index (χ3v) is 4.31. The quantitative estimate of drug-likeness (QED) is 0.755. The van der Waals surface area contributed by atoms with Gasteiger partial charge in [0.05, 0.1) is 0 Å². The highest BCUT2D eigenvalue weighted by molar-refractivity contribution is 9.10. The van der Waals surface area contributed by atoms with Crippen LogP contribution in [0.1, 0.15) is 29.8 Å². The largest absolute Gasteiger partial charge is 0.340 e. The maximum Gasteiger partial charge on any atom is 0.135 e. The fourth-order valence-corrected chi connectivity index (χ4v) is 3.32. The average Bonchev–Trinajstić information content (AvgIpc) is 3.17. The second kappa shape index (κ2) is 5.93. The molecule has 0 bridgehead atoms. The number of hydrogen-bond donors (Lipinski definition) is 1. The van der Waals surface area contributed by atoms with Crippen LogP contribution >= 0.6 is 27.5 Å². The van der Waals surface area contributed by atoms with Gasteiger partial charge in [-0.05, 0) is 55.9 Å². The molecule has 1 aromatic heterocycles. The van der Waals surface area contributed by atoms with Gasteiger partial charge in [-0.1, -0.05) is 27.5 Å². The Kier molecular flexibility index (Phi) is 4.18. The van der Waals surface area contributed by atoms with Crippen molar-refractivity contribution in [3.8, 4) is 0 Å². The first kappa shape index (κ1) is 14.8. The average molecular weight is 367 g/mol. The molecule has 5 heteroatoms. The van der Waals surface area contributed by atoms with Crippen molar-refractivity contribution < 1.29 is 0 Å². The van der Waals surface area contributed by atoms with E-state index in [2.05, 4.69) is 57.2 Å². The van der Waals surface area contributed by atoms with Gasteiger partial charge in [-0.25, -0.2) is 9.97 Å². The van der Waals surface area contributed by atoms with E-state index in [1.165, 1.54) is 24.0 Å². The second-order valence-electron chi connectivity index (χ2n) is 5.68. The van der Waals surface area contributed by atoms with Crippen molar-refractivity contribution in [3.05, 3.63) is 44.8 Å². The van der Waals surface area contributed by atoms with Gasteiger partial charge in [0.25, 0.3) is 0 Å². The summed E-state index contributed by atoms with van der Waals surface area (Å²) in [5, 5.41) is 3.88. The van der Waals surface area contributed by atoms with Crippen LogP contribution in [0.25, 0.3) is 0 Å². The second-order valence-corrected chi connectivity index (χ2v) is 6.98. The van der Waals surface area contributed by atoms with E-state index in [0.717, 1.165) is 34.1 Å². The molecule has 0 unspecified atom stereocenters. The van der Waals surface area contributed by atoms with Crippen LogP contribution in [0.5, 0.6) is 0 Å². The van der Waals surface area contributed by atoms with Gasteiger partial charge in [0.15, 0.2) is 0 Å². The SMILES string of the molecule is Cc1cc(Br)cc(C)c1Nc1cc(Cl)nc(CC2CC2)n1. The number of nitrogens with zero attached hydrogens (tertiary/aromatic N) is 2. The molecule has 1 heterocycles. The highest BCUT2D eigenvalue weighted by Gasteiger charge is 2.23. The Labute approximate surface area is 138 Å². The Morgan fingerprint density at radius 1 is 1.19 bits per heavy atom. The summed E-state index contributed by atoms with van der Waals surface area (Å²) in [6.07, 6.45) is 3.49. The fourth-order valence-electron chi connectivity index (χ4n) is 2.44. The smallest absolute Gasteiger partial charge is 0.135 e. The lowest BCUT2D eigenvalue weighted by atomic mass is 10.1. The van der Waals surface area contributed by atoms with Gasteiger partial charge in [0, 0.05) is 22.6 Å². The summed E-state index contributed by atoms with van der Waals surface area (Å²) < 4.78 is 1.08. The van der Waals surface area contributed by atoms with E-state index in [0.29, 0.717) is 5.15 Å². The Balaban J connectivity index is 1.88. The van der Waals surface area contributed by atoms with E-state index in [1.807, 2.05) is 0 Å². The van der Waals surface area contributed by atoms with E-state index in [9.17, 15) is 0 Å². The minimum absolute atomic E-state index is 0.496. The lowest BCUT2D eigenvalue weighted by molar-refractivity contribution is 0.771. The summed E-state index contributed by atoms with van der Waals surface area (Å²) in [6.45, 7) is 4.15. The number of benzene rings is 1. The molecule has 3 nitrogen and oxygen atoms in total. The van der Waals surface area contributed by atoms with Crippen molar-refractivity contribution in [1.29, 1.82) is 0 Å². The maximum atomic E-state index is 6.13. The Morgan fingerprint density at radius 3 is 2.48 bits per heavy atom. The first-order valence-electron chi connectivity index (χ1n) is 7.08. The summed E-state index contributed by atoms with van der Waals surface area (Å²) in [5.74, 6) is 2.34. The van der Waals surface area contributed by atoms with Crippen LogP contribution in [0.15, 0.2) is 22.7 Å². The molecule has 3 rings (SSSR count). The Bertz CT molecular complexity index is 660. The third-order valence-electron chi connectivity index (χ3n) is 3.66. The highest BCUT2D eigenvalue weighted by Crippen LogP contribution is 2.33. The number of rotatable bonds is 4. The minimum Gasteiger partial charge on any atom is -0.340 e.